The Balaban J connectivity index is 2.31. The van der Waals surface area contributed by atoms with Crippen LogP contribution in [0, 0.1) is 13.7 Å². The second kappa shape index (κ2) is 5.44. The molecule has 2 aromatic rings. The van der Waals surface area contributed by atoms with Gasteiger partial charge in [-0.15, -0.1) is 0 Å². The predicted octanol–water partition coefficient (Wildman–Crippen LogP) is 3.44. The summed E-state index contributed by atoms with van der Waals surface area (Å²) in [5.41, 5.74) is -0.0531. The summed E-state index contributed by atoms with van der Waals surface area (Å²) in [5, 5.41) is 10.7. The lowest BCUT2D eigenvalue weighted by Crippen LogP contribution is -1.94. The Kier molecular flexibility index (Phi) is 3.92. The first-order valence-corrected chi connectivity index (χ1v) is 6.12. The monoisotopic (exact) mass is 377 g/mol. The van der Waals surface area contributed by atoms with Gasteiger partial charge in [-0.05, 0) is 40.3 Å². The highest BCUT2D eigenvalue weighted by atomic mass is 127. The minimum absolute atomic E-state index is 0.0517. The van der Waals surface area contributed by atoms with E-state index < -0.39 is 4.92 Å². The largest absolute Gasteiger partial charge is 0.438 e. The van der Waals surface area contributed by atoms with Gasteiger partial charge in [0.05, 0.1) is 14.6 Å². The topological polar surface area (TPSA) is 78.2 Å². The fourth-order valence-corrected chi connectivity index (χ4v) is 1.67. The molecule has 0 radical (unpaired) electrons. The highest BCUT2D eigenvalue weighted by molar-refractivity contribution is 14.1. The lowest BCUT2D eigenvalue weighted by atomic mass is 10.3. The van der Waals surface area contributed by atoms with Crippen LogP contribution in [0.4, 0.5) is 5.69 Å². The molecule has 0 spiro atoms. The number of nitrogens with zero attached hydrogens (tertiary/aromatic N) is 3. The molecule has 0 saturated carbocycles. The Hall–Kier alpha value is -1.48. The summed E-state index contributed by atoms with van der Waals surface area (Å²) in [5.74, 6) is 0.577. The van der Waals surface area contributed by atoms with Crippen molar-refractivity contribution in [3.05, 3.63) is 49.4 Å². The third kappa shape index (κ3) is 3.05. The van der Waals surface area contributed by atoms with Crippen molar-refractivity contribution >= 4 is 39.9 Å². The molecule has 0 bridgehead atoms. The first-order chi connectivity index (χ1) is 8.56. The number of rotatable bonds is 3. The average molecular weight is 378 g/mol. The van der Waals surface area contributed by atoms with Crippen LogP contribution < -0.4 is 4.74 Å². The van der Waals surface area contributed by atoms with Crippen LogP contribution in [0.15, 0.2) is 30.5 Å². The van der Waals surface area contributed by atoms with E-state index in [0.29, 0.717) is 9.32 Å². The summed E-state index contributed by atoms with van der Waals surface area (Å²) in [4.78, 5) is 17.8. The van der Waals surface area contributed by atoms with Crippen LogP contribution in [0.2, 0.25) is 5.28 Å². The zero-order valence-corrected chi connectivity index (χ0v) is 11.6. The molecule has 1 aromatic heterocycles. The fraction of sp³-hybridized carbons (Fsp3) is 0. The third-order valence-corrected chi connectivity index (χ3v) is 2.85. The number of nitro benzene ring substituents is 1. The van der Waals surface area contributed by atoms with E-state index in [1.54, 1.807) is 6.07 Å². The molecular weight excluding hydrogens is 372 g/mol. The van der Waals surface area contributed by atoms with E-state index in [-0.39, 0.29) is 16.9 Å². The van der Waals surface area contributed by atoms with Crippen molar-refractivity contribution in [1.82, 2.24) is 9.97 Å². The zero-order valence-electron chi connectivity index (χ0n) is 8.71. The summed E-state index contributed by atoms with van der Waals surface area (Å²) in [7, 11) is 0. The number of nitro groups is 1. The molecule has 1 aromatic carbocycles. The van der Waals surface area contributed by atoms with Gasteiger partial charge in [0.25, 0.3) is 5.69 Å². The Morgan fingerprint density at radius 3 is 2.94 bits per heavy atom. The molecule has 92 valence electrons. The molecule has 1 heterocycles. The van der Waals surface area contributed by atoms with Crippen LogP contribution in [-0.4, -0.2) is 14.9 Å². The van der Waals surface area contributed by atoms with Crippen molar-refractivity contribution in [2.45, 2.75) is 0 Å². The second-order valence-electron chi connectivity index (χ2n) is 3.15. The smallest absolute Gasteiger partial charge is 0.273 e. The highest BCUT2D eigenvalue weighted by Crippen LogP contribution is 2.27. The number of benzene rings is 1. The normalized spacial score (nSPS) is 10.1. The fourth-order valence-electron chi connectivity index (χ4n) is 1.17. The highest BCUT2D eigenvalue weighted by Gasteiger charge is 2.10. The summed E-state index contributed by atoms with van der Waals surface area (Å²) < 4.78 is 6.09. The number of ether oxygens (including phenoxy) is 1. The molecule has 0 aliphatic rings. The third-order valence-electron chi connectivity index (χ3n) is 1.93. The van der Waals surface area contributed by atoms with Gasteiger partial charge in [0.2, 0.25) is 11.2 Å². The molecule has 0 aliphatic heterocycles. The number of hydrogen-bond acceptors (Lipinski definition) is 5. The maximum atomic E-state index is 10.6. The van der Waals surface area contributed by atoms with E-state index >= 15 is 0 Å². The molecule has 0 N–H and O–H groups in total. The van der Waals surface area contributed by atoms with Gasteiger partial charge in [-0.2, -0.15) is 4.98 Å². The zero-order chi connectivity index (χ0) is 13.1. The molecular formula is C10H5ClIN3O3. The van der Waals surface area contributed by atoms with Gasteiger partial charge in [-0.3, -0.25) is 10.1 Å². The van der Waals surface area contributed by atoms with Crippen LogP contribution in [-0.2, 0) is 0 Å². The van der Waals surface area contributed by atoms with Crippen molar-refractivity contribution in [2.24, 2.45) is 0 Å². The van der Waals surface area contributed by atoms with Gasteiger partial charge in [-0.25, -0.2) is 4.98 Å². The number of aromatic nitrogens is 2. The molecule has 18 heavy (non-hydrogen) atoms. The van der Waals surface area contributed by atoms with E-state index in [4.69, 9.17) is 16.3 Å². The Morgan fingerprint density at radius 2 is 2.22 bits per heavy atom. The lowest BCUT2D eigenvalue weighted by molar-refractivity contribution is -0.384. The molecule has 0 atom stereocenters. The maximum Gasteiger partial charge on any atom is 0.273 e. The van der Waals surface area contributed by atoms with Crippen LogP contribution in [0.25, 0.3) is 0 Å². The van der Waals surface area contributed by atoms with E-state index in [9.17, 15) is 10.1 Å². The first kappa shape index (κ1) is 13.0. The van der Waals surface area contributed by atoms with Crippen molar-refractivity contribution in [3.63, 3.8) is 0 Å². The summed E-state index contributed by atoms with van der Waals surface area (Å²) in [6.07, 6.45) is 1.50. The SMILES string of the molecule is O=[N+]([O-])c1cccc(Oc2nc(Cl)ncc2I)c1. The Labute approximate surface area is 120 Å². The van der Waals surface area contributed by atoms with Gasteiger partial charge in [0.15, 0.2) is 0 Å². The predicted molar refractivity (Wildman–Crippen MR) is 72.9 cm³/mol. The van der Waals surface area contributed by atoms with Gasteiger partial charge >= 0.3 is 0 Å². The van der Waals surface area contributed by atoms with Crippen molar-refractivity contribution < 1.29 is 9.66 Å². The molecule has 6 nitrogen and oxygen atoms in total. The standard InChI is InChI=1S/C10H5ClIN3O3/c11-10-13-5-8(12)9(14-10)18-7-3-1-2-6(4-7)15(16)17/h1-5H. The van der Waals surface area contributed by atoms with Crippen molar-refractivity contribution in [1.29, 1.82) is 0 Å². The molecule has 0 aliphatic carbocycles. The molecule has 0 unspecified atom stereocenters. The molecule has 8 heteroatoms. The average Bonchev–Trinajstić information content (AvgIpc) is 2.34. The number of hydrogen-bond donors (Lipinski definition) is 0. The lowest BCUT2D eigenvalue weighted by Gasteiger charge is -2.05. The van der Waals surface area contributed by atoms with Gasteiger partial charge in [0.1, 0.15) is 5.75 Å². The summed E-state index contributed by atoms with van der Waals surface area (Å²) >= 11 is 7.63. The number of non-ortho nitro benzene ring substituents is 1. The minimum Gasteiger partial charge on any atom is -0.438 e. The Morgan fingerprint density at radius 1 is 1.44 bits per heavy atom. The molecule has 2 rings (SSSR count). The Bertz CT molecular complexity index is 609. The molecule has 0 amide bonds. The van der Waals surface area contributed by atoms with Crippen molar-refractivity contribution in [2.75, 3.05) is 0 Å². The van der Waals surface area contributed by atoms with E-state index in [1.807, 2.05) is 22.6 Å². The van der Waals surface area contributed by atoms with Crippen LogP contribution in [0.1, 0.15) is 0 Å². The molecule has 0 fully saturated rings. The first-order valence-electron chi connectivity index (χ1n) is 4.66. The van der Waals surface area contributed by atoms with Crippen molar-refractivity contribution in [3.8, 4) is 11.6 Å². The maximum absolute atomic E-state index is 10.6. The van der Waals surface area contributed by atoms with Crippen LogP contribution in [0.5, 0.6) is 11.6 Å². The van der Waals surface area contributed by atoms with E-state index in [1.165, 1.54) is 24.4 Å². The molecule has 0 saturated heterocycles. The van der Waals surface area contributed by atoms with Gasteiger partial charge in [-0.1, -0.05) is 6.07 Å². The van der Waals surface area contributed by atoms with Crippen LogP contribution >= 0.6 is 34.2 Å². The van der Waals surface area contributed by atoms with Gasteiger partial charge < -0.3 is 4.74 Å². The minimum atomic E-state index is -0.495. The summed E-state index contributed by atoms with van der Waals surface area (Å²) in [6, 6.07) is 5.82. The van der Waals surface area contributed by atoms with Gasteiger partial charge in [0, 0.05) is 12.3 Å². The van der Waals surface area contributed by atoms with E-state index in [0.717, 1.165) is 0 Å². The van der Waals surface area contributed by atoms with Crippen LogP contribution in [0.3, 0.4) is 0 Å². The number of halogens is 2. The quantitative estimate of drug-likeness (QED) is 0.354. The van der Waals surface area contributed by atoms with E-state index in [2.05, 4.69) is 9.97 Å². The summed E-state index contributed by atoms with van der Waals surface area (Å²) in [6.45, 7) is 0. The second-order valence-corrected chi connectivity index (χ2v) is 4.65.